The second-order valence-electron chi connectivity index (χ2n) is 3.66. The van der Waals surface area contributed by atoms with Gasteiger partial charge in [-0.3, -0.25) is 0 Å². The smallest absolute Gasteiger partial charge is 0.147 e. The maximum atomic E-state index is 2.30. The van der Waals surface area contributed by atoms with Crippen LogP contribution in [0, 0.1) is 0 Å². The normalized spacial score (nSPS) is 18.0. The van der Waals surface area contributed by atoms with E-state index in [1.807, 2.05) is 0 Å². The monoisotopic (exact) mass is 278 g/mol. The summed E-state index contributed by atoms with van der Waals surface area (Å²) >= 11 is 0.0324. The first-order valence-corrected chi connectivity index (χ1v) is 6.33. The molecule has 0 saturated carbocycles. The van der Waals surface area contributed by atoms with Crippen molar-refractivity contribution in [3.63, 3.8) is 0 Å². The van der Waals surface area contributed by atoms with Crippen LogP contribution in [0.3, 0.4) is 0 Å². The molecule has 15 heavy (non-hydrogen) atoms. The Bertz CT molecular complexity index is 315. The molecule has 0 bridgehead atoms. The van der Waals surface area contributed by atoms with E-state index in [-0.39, 0.29) is 44.0 Å². The van der Waals surface area contributed by atoms with Gasteiger partial charge in [0.2, 0.25) is 0 Å². The van der Waals surface area contributed by atoms with Crippen molar-refractivity contribution >= 4 is 24.8 Å². The minimum Gasteiger partial charge on any atom is -0.147 e. The molecular formula is C12H16Cl2Ti. The molecule has 0 amide bonds. The molecule has 0 aromatic heterocycles. The second-order valence-corrected chi connectivity index (χ2v) is 5.94. The summed E-state index contributed by atoms with van der Waals surface area (Å²) in [6.07, 6.45) is 11.6. The van der Waals surface area contributed by atoms with Gasteiger partial charge in [-0.2, -0.15) is 0 Å². The van der Waals surface area contributed by atoms with Crippen LogP contribution in [0.25, 0.3) is 0 Å². The van der Waals surface area contributed by atoms with E-state index < -0.39 is 0 Å². The topological polar surface area (TPSA) is 0 Å². The molecule has 0 unspecified atom stereocenters. The van der Waals surface area contributed by atoms with Crippen LogP contribution in [-0.4, -0.2) is 0 Å². The summed E-state index contributed by atoms with van der Waals surface area (Å²) in [4.78, 5) is 0. The molecular weight excluding hydrogens is 263 g/mol. The van der Waals surface area contributed by atoms with Crippen LogP contribution in [0.15, 0.2) is 43.2 Å². The van der Waals surface area contributed by atoms with Gasteiger partial charge in [-0.25, -0.2) is 0 Å². The average molecular weight is 279 g/mol. The number of hydrogen-bond acceptors (Lipinski definition) is 0. The molecule has 0 spiro atoms. The predicted molar refractivity (Wildman–Crippen MR) is 67.4 cm³/mol. The first kappa shape index (κ1) is 15.3. The summed E-state index contributed by atoms with van der Waals surface area (Å²) < 4.78 is 3.47. The number of allylic oxidation sites excluding steroid dienone is 8. The summed E-state index contributed by atoms with van der Waals surface area (Å²) in [6.45, 7) is 4.50. The number of rotatable bonds is 2. The Morgan fingerprint density at radius 1 is 0.867 bits per heavy atom. The van der Waals surface area contributed by atoms with Gasteiger partial charge in [-0.05, 0) is 0 Å². The third-order valence-electron chi connectivity index (χ3n) is 2.63. The van der Waals surface area contributed by atoms with Crippen molar-refractivity contribution in [3.8, 4) is 0 Å². The van der Waals surface area contributed by atoms with Crippen molar-refractivity contribution in [1.29, 1.82) is 0 Å². The van der Waals surface area contributed by atoms with Gasteiger partial charge >= 0.3 is 89.0 Å². The van der Waals surface area contributed by atoms with Crippen LogP contribution in [-0.2, 0) is 19.2 Å². The van der Waals surface area contributed by atoms with E-state index in [0.717, 1.165) is 0 Å². The second kappa shape index (κ2) is 6.75. The summed E-state index contributed by atoms with van der Waals surface area (Å²) in [5, 5.41) is 0. The molecule has 0 radical (unpaired) electrons. The molecule has 0 fully saturated rings. The number of halogens is 2. The Morgan fingerprint density at radius 3 is 1.53 bits per heavy atom. The fourth-order valence-electron chi connectivity index (χ4n) is 1.71. The maximum absolute atomic E-state index is 2.30. The summed E-state index contributed by atoms with van der Waals surface area (Å²) in [7, 11) is 0. The SMILES string of the molecule is CC1=[C]([Ti][C]2=C(C)C=CC2)CC=C1.Cl.Cl. The Hall–Kier alpha value is 0.254. The minimum absolute atomic E-state index is 0. The van der Waals surface area contributed by atoms with E-state index in [0.29, 0.717) is 0 Å². The maximum Gasteiger partial charge on any atom is -0.147 e. The molecule has 2 aliphatic rings. The van der Waals surface area contributed by atoms with E-state index in [2.05, 4.69) is 38.2 Å². The molecule has 82 valence electrons. The zero-order valence-corrected chi connectivity index (χ0v) is 12.2. The van der Waals surface area contributed by atoms with Crippen LogP contribution in [0.5, 0.6) is 0 Å². The summed E-state index contributed by atoms with van der Waals surface area (Å²) in [5.41, 5.74) is 3.07. The van der Waals surface area contributed by atoms with Crippen molar-refractivity contribution in [2.45, 2.75) is 26.7 Å². The van der Waals surface area contributed by atoms with E-state index >= 15 is 0 Å². The van der Waals surface area contributed by atoms with Crippen molar-refractivity contribution < 1.29 is 19.2 Å². The van der Waals surface area contributed by atoms with E-state index in [1.54, 1.807) is 7.76 Å². The van der Waals surface area contributed by atoms with Gasteiger partial charge in [0.15, 0.2) is 0 Å². The van der Waals surface area contributed by atoms with Gasteiger partial charge in [0.1, 0.15) is 0 Å². The van der Waals surface area contributed by atoms with Crippen LogP contribution < -0.4 is 0 Å². The van der Waals surface area contributed by atoms with Crippen LogP contribution in [0.1, 0.15) is 26.7 Å². The molecule has 3 heteroatoms. The zero-order chi connectivity index (χ0) is 9.26. The van der Waals surface area contributed by atoms with Crippen LogP contribution >= 0.6 is 24.8 Å². The first-order chi connectivity index (χ1) is 6.27. The van der Waals surface area contributed by atoms with E-state index in [1.165, 1.54) is 24.0 Å². The van der Waals surface area contributed by atoms with Crippen LogP contribution in [0.2, 0.25) is 0 Å². The Labute approximate surface area is 113 Å². The molecule has 0 aromatic carbocycles. The van der Waals surface area contributed by atoms with Gasteiger partial charge in [0, 0.05) is 0 Å². The third kappa shape index (κ3) is 3.64. The first-order valence-electron chi connectivity index (χ1n) is 4.77. The van der Waals surface area contributed by atoms with Gasteiger partial charge in [-0.1, -0.05) is 0 Å². The van der Waals surface area contributed by atoms with Gasteiger partial charge in [0.05, 0.1) is 0 Å². The molecule has 2 rings (SSSR count). The fourth-order valence-corrected chi connectivity index (χ4v) is 3.84. The molecule has 0 atom stereocenters. The molecule has 0 saturated heterocycles. The Kier molecular flexibility index (Phi) is 6.87. The van der Waals surface area contributed by atoms with E-state index in [4.69, 9.17) is 0 Å². The zero-order valence-electron chi connectivity index (χ0n) is 9.04. The molecule has 0 nitrogen and oxygen atoms in total. The quantitative estimate of drug-likeness (QED) is 0.658. The van der Waals surface area contributed by atoms with Crippen molar-refractivity contribution in [2.24, 2.45) is 0 Å². The van der Waals surface area contributed by atoms with Gasteiger partial charge in [-0.15, -0.1) is 24.8 Å². The van der Waals surface area contributed by atoms with Crippen molar-refractivity contribution in [1.82, 2.24) is 0 Å². The van der Waals surface area contributed by atoms with Crippen molar-refractivity contribution in [2.75, 3.05) is 0 Å². The Morgan fingerprint density at radius 2 is 1.27 bits per heavy atom. The standard InChI is InChI=1S/2C6H7.2ClH.Ti/c2*1-6-4-2-3-5-6;;;/h2*2,4H,3H2,1H3;2*1H;. The Balaban J connectivity index is 0.000000980. The molecule has 0 aromatic rings. The average Bonchev–Trinajstić information content (AvgIpc) is 2.65. The number of hydrogen-bond donors (Lipinski definition) is 0. The largest absolute Gasteiger partial charge is 0.147 e. The third-order valence-corrected chi connectivity index (χ3v) is 5.44. The fraction of sp³-hybridized carbons (Fsp3) is 0.333. The predicted octanol–water partition coefficient (Wildman–Crippen LogP) is 4.38. The van der Waals surface area contributed by atoms with Gasteiger partial charge < -0.3 is 0 Å². The minimum atomic E-state index is 0. The van der Waals surface area contributed by atoms with E-state index in [9.17, 15) is 0 Å². The molecule has 0 heterocycles. The molecule has 0 N–H and O–H groups in total. The molecule has 0 aliphatic heterocycles. The van der Waals surface area contributed by atoms with Gasteiger partial charge in [0.25, 0.3) is 0 Å². The van der Waals surface area contributed by atoms with Crippen LogP contribution in [0.4, 0.5) is 0 Å². The summed E-state index contributed by atoms with van der Waals surface area (Å²) in [6, 6.07) is 0. The summed E-state index contributed by atoms with van der Waals surface area (Å²) in [5.74, 6) is 0. The molecule has 2 aliphatic carbocycles. The van der Waals surface area contributed by atoms with Crippen molar-refractivity contribution in [3.05, 3.63) is 43.2 Å².